The zero-order chi connectivity index (χ0) is 11.8. The van der Waals surface area contributed by atoms with Gasteiger partial charge in [0.05, 0.1) is 6.33 Å². The van der Waals surface area contributed by atoms with Crippen LogP contribution in [0.2, 0.25) is 0 Å². The number of aromatic nitrogens is 2. The third-order valence-electron chi connectivity index (χ3n) is 3.13. The topological polar surface area (TPSA) is 75.0 Å². The van der Waals surface area contributed by atoms with Gasteiger partial charge in [0.25, 0.3) is 5.56 Å². The molecule has 88 valence electrons. The minimum Gasteiger partial charge on any atom is -0.355 e. The number of nitrogens with two attached hydrogens (primary N) is 1. The first kappa shape index (κ1) is 11.6. The third kappa shape index (κ3) is 1.99. The number of nitrogens with zero attached hydrogens (tertiary/aromatic N) is 2. The Hall–Kier alpha value is -0.880. The maximum atomic E-state index is 11.4. The van der Waals surface area contributed by atoms with E-state index in [4.69, 9.17) is 5.73 Å². The van der Waals surface area contributed by atoms with E-state index in [1.54, 1.807) is 0 Å². The molecule has 0 aromatic carbocycles. The van der Waals surface area contributed by atoms with Crippen LogP contribution in [-0.4, -0.2) is 29.6 Å². The Morgan fingerprint density at radius 3 is 3.12 bits per heavy atom. The summed E-state index contributed by atoms with van der Waals surface area (Å²) in [6.07, 6.45) is 2.46. The fraction of sp³-hybridized carbons (Fsp3) is 0.600. The molecule has 0 spiro atoms. The van der Waals surface area contributed by atoms with Gasteiger partial charge in [-0.3, -0.25) is 4.79 Å². The summed E-state index contributed by atoms with van der Waals surface area (Å²) < 4.78 is 0.497. The number of H-pyrrole nitrogens is 1. The second kappa shape index (κ2) is 4.18. The van der Waals surface area contributed by atoms with Crippen molar-refractivity contribution in [2.45, 2.75) is 13.3 Å². The molecule has 0 radical (unpaired) electrons. The molecule has 0 aliphatic carbocycles. The van der Waals surface area contributed by atoms with E-state index in [1.165, 1.54) is 6.33 Å². The maximum Gasteiger partial charge on any atom is 0.267 e. The van der Waals surface area contributed by atoms with Gasteiger partial charge < -0.3 is 15.6 Å². The van der Waals surface area contributed by atoms with Crippen LogP contribution in [0, 0.1) is 5.41 Å². The molecule has 1 aromatic rings. The van der Waals surface area contributed by atoms with Crippen molar-refractivity contribution in [3.05, 3.63) is 21.2 Å². The number of aromatic amines is 1. The van der Waals surface area contributed by atoms with E-state index < -0.39 is 0 Å². The van der Waals surface area contributed by atoms with Gasteiger partial charge in [0, 0.05) is 13.1 Å². The average molecular weight is 287 g/mol. The lowest BCUT2D eigenvalue weighted by molar-refractivity contribution is 0.383. The fourth-order valence-electron chi connectivity index (χ4n) is 1.97. The molecule has 1 fully saturated rings. The van der Waals surface area contributed by atoms with E-state index in [2.05, 4.69) is 37.7 Å². The van der Waals surface area contributed by atoms with E-state index in [9.17, 15) is 4.79 Å². The lowest BCUT2D eigenvalue weighted by Gasteiger charge is -2.23. The van der Waals surface area contributed by atoms with Gasteiger partial charge in [-0.25, -0.2) is 4.98 Å². The molecule has 2 heterocycles. The van der Waals surface area contributed by atoms with Crippen LogP contribution in [0.25, 0.3) is 0 Å². The SMILES string of the molecule is CC1(CN)CCN(c2nc[nH]c(=O)c2Br)C1. The average Bonchev–Trinajstić information content (AvgIpc) is 2.66. The van der Waals surface area contributed by atoms with Gasteiger partial charge in [-0.1, -0.05) is 6.92 Å². The molecule has 1 aromatic heterocycles. The molecule has 2 rings (SSSR count). The molecule has 1 aliphatic rings. The van der Waals surface area contributed by atoms with Crippen molar-refractivity contribution in [2.75, 3.05) is 24.5 Å². The first-order valence-corrected chi connectivity index (χ1v) is 6.03. The molecular weight excluding hydrogens is 272 g/mol. The predicted octanol–water partition coefficient (Wildman–Crippen LogP) is 0.708. The summed E-state index contributed by atoms with van der Waals surface area (Å²) in [6, 6.07) is 0. The molecule has 0 bridgehead atoms. The summed E-state index contributed by atoms with van der Waals surface area (Å²) in [5.41, 5.74) is 5.73. The highest BCUT2D eigenvalue weighted by Gasteiger charge is 2.34. The van der Waals surface area contributed by atoms with Crippen LogP contribution >= 0.6 is 15.9 Å². The van der Waals surface area contributed by atoms with Gasteiger partial charge in [0.15, 0.2) is 0 Å². The van der Waals surface area contributed by atoms with Crippen molar-refractivity contribution in [3.8, 4) is 0 Å². The summed E-state index contributed by atoms with van der Waals surface area (Å²) in [6.45, 7) is 4.56. The van der Waals surface area contributed by atoms with Crippen LogP contribution in [0.15, 0.2) is 15.6 Å². The van der Waals surface area contributed by atoms with E-state index in [0.29, 0.717) is 16.8 Å². The lowest BCUT2D eigenvalue weighted by atomic mass is 9.90. The second-order valence-electron chi connectivity index (χ2n) is 4.56. The van der Waals surface area contributed by atoms with Crippen LogP contribution in [0.3, 0.4) is 0 Å². The number of anilines is 1. The highest BCUT2D eigenvalue weighted by molar-refractivity contribution is 9.10. The number of rotatable bonds is 2. The Bertz CT molecular complexity index is 447. The van der Waals surface area contributed by atoms with Crippen LogP contribution in [0.5, 0.6) is 0 Å². The van der Waals surface area contributed by atoms with Crippen LogP contribution in [0.1, 0.15) is 13.3 Å². The van der Waals surface area contributed by atoms with Gasteiger partial charge in [0.2, 0.25) is 0 Å². The zero-order valence-corrected chi connectivity index (χ0v) is 10.7. The van der Waals surface area contributed by atoms with Gasteiger partial charge in [-0.05, 0) is 34.3 Å². The molecule has 16 heavy (non-hydrogen) atoms. The van der Waals surface area contributed by atoms with Crippen molar-refractivity contribution in [2.24, 2.45) is 11.1 Å². The molecule has 0 saturated carbocycles. The summed E-state index contributed by atoms with van der Waals surface area (Å²) in [4.78, 5) is 20.3. The zero-order valence-electron chi connectivity index (χ0n) is 9.16. The molecule has 3 N–H and O–H groups in total. The summed E-state index contributed by atoms with van der Waals surface area (Å²) >= 11 is 3.27. The molecule has 1 saturated heterocycles. The molecular formula is C10H15BrN4O. The van der Waals surface area contributed by atoms with Gasteiger partial charge in [-0.15, -0.1) is 0 Å². The van der Waals surface area contributed by atoms with Crippen molar-refractivity contribution >= 4 is 21.7 Å². The first-order valence-electron chi connectivity index (χ1n) is 5.24. The quantitative estimate of drug-likeness (QED) is 0.840. The Morgan fingerprint density at radius 1 is 1.75 bits per heavy atom. The number of hydrogen-bond acceptors (Lipinski definition) is 4. The summed E-state index contributed by atoms with van der Waals surface area (Å²) in [5.74, 6) is 0.709. The van der Waals surface area contributed by atoms with E-state index in [1.807, 2.05) is 0 Å². The molecule has 1 unspecified atom stereocenters. The van der Waals surface area contributed by atoms with Crippen molar-refractivity contribution in [1.82, 2.24) is 9.97 Å². The number of hydrogen-bond donors (Lipinski definition) is 2. The summed E-state index contributed by atoms with van der Waals surface area (Å²) in [7, 11) is 0. The Morgan fingerprint density at radius 2 is 2.50 bits per heavy atom. The minimum absolute atomic E-state index is 0.129. The van der Waals surface area contributed by atoms with Crippen LogP contribution < -0.4 is 16.2 Å². The number of nitrogens with one attached hydrogen (secondary N) is 1. The molecule has 6 heteroatoms. The van der Waals surface area contributed by atoms with Gasteiger partial charge in [0.1, 0.15) is 10.3 Å². The van der Waals surface area contributed by atoms with Crippen LogP contribution in [-0.2, 0) is 0 Å². The summed E-state index contributed by atoms with van der Waals surface area (Å²) in [5, 5.41) is 0. The molecule has 1 atom stereocenters. The van der Waals surface area contributed by atoms with Crippen molar-refractivity contribution in [3.63, 3.8) is 0 Å². The largest absolute Gasteiger partial charge is 0.355 e. The van der Waals surface area contributed by atoms with E-state index in [-0.39, 0.29) is 11.0 Å². The fourth-order valence-corrected chi connectivity index (χ4v) is 2.43. The van der Waals surface area contributed by atoms with Crippen molar-refractivity contribution < 1.29 is 0 Å². The van der Waals surface area contributed by atoms with Crippen LogP contribution in [0.4, 0.5) is 5.82 Å². The highest BCUT2D eigenvalue weighted by Crippen LogP contribution is 2.32. The first-order chi connectivity index (χ1) is 7.56. The Kier molecular flexibility index (Phi) is 3.03. The third-order valence-corrected chi connectivity index (χ3v) is 3.84. The number of halogens is 1. The predicted molar refractivity (Wildman–Crippen MR) is 66.5 cm³/mol. The second-order valence-corrected chi connectivity index (χ2v) is 5.35. The highest BCUT2D eigenvalue weighted by atomic mass is 79.9. The monoisotopic (exact) mass is 286 g/mol. The standard InChI is InChI=1S/C10H15BrN4O/c1-10(4-12)2-3-15(5-10)8-7(11)9(16)14-6-13-8/h6H,2-5,12H2,1H3,(H,13,14,16). The van der Waals surface area contributed by atoms with E-state index in [0.717, 1.165) is 19.5 Å². The van der Waals surface area contributed by atoms with Gasteiger partial charge >= 0.3 is 0 Å². The maximum absolute atomic E-state index is 11.4. The smallest absolute Gasteiger partial charge is 0.267 e. The Balaban J connectivity index is 2.27. The normalized spacial score (nSPS) is 25.1. The molecule has 5 nitrogen and oxygen atoms in total. The minimum atomic E-state index is -0.147. The Labute approximate surface area is 102 Å². The lowest BCUT2D eigenvalue weighted by Crippen LogP contribution is -2.32. The molecule has 0 amide bonds. The van der Waals surface area contributed by atoms with Gasteiger partial charge in [-0.2, -0.15) is 0 Å². The van der Waals surface area contributed by atoms with Crippen molar-refractivity contribution in [1.29, 1.82) is 0 Å². The molecule has 1 aliphatic heterocycles. The van der Waals surface area contributed by atoms with E-state index >= 15 is 0 Å².